The largest absolute Gasteiger partial charge is 0.393 e. The van der Waals surface area contributed by atoms with Crippen LogP contribution in [0, 0.1) is 30.1 Å². The van der Waals surface area contributed by atoms with Gasteiger partial charge in [0.2, 0.25) is 0 Å². The van der Waals surface area contributed by atoms with Gasteiger partial charge in [-0.3, -0.25) is 0 Å². The second-order valence-corrected chi connectivity index (χ2v) is 11.6. The zero-order valence-electron chi connectivity index (χ0n) is 19.3. The molecule has 3 N–H and O–H groups in total. The van der Waals surface area contributed by atoms with Crippen LogP contribution in [0.1, 0.15) is 93.4 Å². The Kier molecular flexibility index (Phi) is 5.31. The van der Waals surface area contributed by atoms with Crippen LogP contribution in [0.25, 0.3) is 0 Å². The van der Waals surface area contributed by atoms with E-state index in [0.29, 0.717) is 29.1 Å². The highest BCUT2D eigenvalue weighted by atomic mass is 16.3. The van der Waals surface area contributed by atoms with Crippen molar-refractivity contribution in [1.82, 2.24) is 5.32 Å². The first-order valence-corrected chi connectivity index (χ1v) is 12.5. The summed E-state index contributed by atoms with van der Waals surface area (Å²) in [7, 11) is 0. The zero-order valence-corrected chi connectivity index (χ0v) is 19.3. The number of benzene rings is 1. The maximum atomic E-state index is 10.7. The predicted octanol–water partition coefficient (Wildman–Crippen LogP) is 4.67. The second-order valence-electron chi connectivity index (χ2n) is 11.6. The number of fused-ring (bicyclic) bond motifs is 5. The molecule has 0 spiro atoms. The Morgan fingerprint density at radius 2 is 1.93 bits per heavy atom. The molecule has 2 unspecified atom stereocenters. The summed E-state index contributed by atoms with van der Waals surface area (Å²) in [5, 5.41) is 24.6. The summed E-state index contributed by atoms with van der Waals surface area (Å²) in [6.45, 7) is 10.4. The molecule has 5 rings (SSSR count). The van der Waals surface area contributed by atoms with E-state index in [-0.39, 0.29) is 18.2 Å². The van der Waals surface area contributed by atoms with Crippen molar-refractivity contribution in [3.05, 3.63) is 34.4 Å². The summed E-state index contributed by atoms with van der Waals surface area (Å²) in [6, 6.07) is 4.98. The first kappa shape index (κ1) is 21.0. The third-order valence-corrected chi connectivity index (χ3v) is 9.95. The van der Waals surface area contributed by atoms with Gasteiger partial charge in [-0.2, -0.15) is 0 Å². The predicted molar refractivity (Wildman–Crippen MR) is 122 cm³/mol. The SMILES string of the molecule is Cc1c([C@H](C)[C@@H]2NC[C@@H](C)C[C@H]2O)ccc2c1CC1[C@H]2CCC2C[C@@H](O)CC[C@@]21C. The quantitative estimate of drug-likeness (QED) is 0.663. The average molecular weight is 412 g/mol. The molecule has 30 heavy (non-hydrogen) atoms. The van der Waals surface area contributed by atoms with E-state index in [1.807, 2.05) is 0 Å². The Bertz CT molecular complexity index is 806. The van der Waals surface area contributed by atoms with Crippen molar-refractivity contribution in [3.8, 4) is 0 Å². The number of hydrogen-bond acceptors (Lipinski definition) is 3. The smallest absolute Gasteiger partial charge is 0.0702 e. The fourth-order valence-corrected chi connectivity index (χ4v) is 8.07. The maximum Gasteiger partial charge on any atom is 0.0702 e. The summed E-state index contributed by atoms with van der Waals surface area (Å²) in [5.41, 5.74) is 6.53. The molecule has 0 bridgehead atoms. The van der Waals surface area contributed by atoms with Crippen molar-refractivity contribution in [2.75, 3.05) is 6.54 Å². The summed E-state index contributed by atoms with van der Waals surface area (Å²) in [5.74, 6) is 3.02. The van der Waals surface area contributed by atoms with Crippen LogP contribution in [-0.4, -0.2) is 35.0 Å². The Morgan fingerprint density at radius 1 is 1.13 bits per heavy atom. The van der Waals surface area contributed by atoms with Crippen molar-refractivity contribution >= 4 is 0 Å². The van der Waals surface area contributed by atoms with Crippen LogP contribution in [0.2, 0.25) is 0 Å². The Labute approximate surface area is 182 Å². The number of aliphatic hydroxyl groups is 2. The van der Waals surface area contributed by atoms with Gasteiger partial charge in [-0.1, -0.05) is 32.9 Å². The van der Waals surface area contributed by atoms with Crippen LogP contribution >= 0.6 is 0 Å². The highest BCUT2D eigenvalue weighted by Crippen LogP contribution is 2.62. The van der Waals surface area contributed by atoms with Crippen molar-refractivity contribution in [2.24, 2.45) is 23.2 Å². The van der Waals surface area contributed by atoms with E-state index in [9.17, 15) is 10.2 Å². The van der Waals surface area contributed by atoms with Crippen LogP contribution in [0.3, 0.4) is 0 Å². The van der Waals surface area contributed by atoms with E-state index in [4.69, 9.17) is 0 Å². The Morgan fingerprint density at radius 3 is 2.70 bits per heavy atom. The summed E-state index contributed by atoms with van der Waals surface area (Å²) >= 11 is 0. The van der Waals surface area contributed by atoms with Crippen LogP contribution in [0.5, 0.6) is 0 Å². The first-order valence-electron chi connectivity index (χ1n) is 12.5. The van der Waals surface area contributed by atoms with Gasteiger partial charge in [-0.05, 0) is 116 Å². The summed E-state index contributed by atoms with van der Waals surface area (Å²) in [6.07, 6.45) is 7.55. The number of aliphatic hydroxyl groups excluding tert-OH is 2. The number of hydrogen-bond donors (Lipinski definition) is 3. The molecule has 1 aromatic carbocycles. The minimum atomic E-state index is -0.257. The van der Waals surface area contributed by atoms with Crippen LogP contribution < -0.4 is 5.32 Å². The topological polar surface area (TPSA) is 52.5 Å². The molecule has 1 aromatic rings. The van der Waals surface area contributed by atoms with E-state index >= 15 is 0 Å². The normalized spacial score (nSPS) is 44.1. The molecule has 1 aliphatic heterocycles. The molecule has 0 radical (unpaired) electrons. The van der Waals surface area contributed by atoms with Crippen molar-refractivity contribution in [3.63, 3.8) is 0 Å². The standard InChI is InChI=1S/C27H41NO2/c1-15-11-25(30)26(28-14-15)17(3)20-7-8-21-22-6-5-18-12-19(29)9-10-27(18,4)24(22)13-23(21)16(20)2/h7-8,15,17-19,22,24-26,28-30H,5-6,9-14H2,1-4H3/t15-,17-,18?,19-,22-,24?,25+,26-,27-/m0/s1. The number of nitrogens with one attached hydrogen (secondary N) is 1. The van der Waals surface area contributed by atoms with E-state index in [0.717, 1.165) is 31.7 Å². The molecule has 3 heteroatoms. The number of piperidine rings is 1. The fraction of sp³-hybridized carbons (Fsp3) is 0.778. The van der Waals surface area contributed by atoms with Crippen molar-refractivity contribution in [2.45, 2.75) is 103 Å². The Balaban J connectivity index is 1.43. The average Bonchev–Trinajstić information content (AvgIpc) is 3.09. The first-order chi connectivity index (χ1) is 14.3. The van der Waals surface area contributed by atoms with Crippen molar-refractivity contribution < 1.29 is 10.2 Å². The molecule has 0 aromatic heterocycles. The number of rotatable bonds is 2. The maximum absolute atomic E-state index is 10.7. The molecule has 3 fully saturated rings. The lowest BCUT2D eigenvalue weighted by Crippen LogP contribution is -2.50. The molecule has 3 nitrogen and oxygen atoms in total. The highest BCUT2D eigenvalue weighted by Gasteiger charge is 2.53. The third kappa shape index (κ3) is 3.19. The third-order valence-electron chi connectivity index (χ3n) is 9.95. The highest BCUT2D eigenvalue weighted by molar-refractivity contribution is 5.48. The van der Waals surface area contributed by atoms with E-state index in [2.05, 4.69) is 45.1 Å². The fourth-order valence-electron chi connectivity index (χ4n) is 8.07. The van der Waals surface area contributed by atoms with E-state index in [1.54, 1.807) is 11.1 Å². The molecular formula is C27H41NO2. The van der Waals surface area contributed by atoms with Gasteiger partial charge in [-0.25, -0.2) is 0 Å². The molecule has 0 amide bonds. The lowest BCUT2D eigenvalue weighted by atomic mass is 9.52. The van der Waals surface area contributed by atoms with E-state index < -0.39 is 0 Å². The lowest BCUT2D eigenvalue weighted by molar-refractivity contribution is -0.0508. The summed E-state index contributed by atoms with van der Waals surface area (Å²) < 4.78 is 0. The van der Waals surface area contributed by atoms with Gasteiger partial charge in [0.1, 0.15) is 0 Å². The minimum absolute atomic E-state index is 0.0743. The van der Waals surface area contributed by atoms with Gasteiger partial charge < -0.3 is 15.5 Å². The molecule has 2 saturated carbocycles. The van der Waals surface area contributed by atoms with Crippen LogP contribution in [0.15, 0.2) is 12.1 Å². The van der Waals surface area contributed by atoms with Gasteiger partial charge in [0, 0.05) is 6.04 Å². The van der Waals surface area contributed by atoms with Gasteiger partial charge in [0.15, 0.2) is 0 Å². The van der Waals surface area contributed by atoms with Crippen molar-refractivity contribution in [1.29, 1.82) is 0 Å². The van der Waals surface area contributed by atoms with Crippen LogP contribution in [-0.2, 0) is 6.42 Å². The molecule has 4 aliphatic rings. The van der Waals surface area contributed by atoms with Gasteiger partial charge >= 0.3 is 0 Å². The molecule has 166 valence electrons. The molecular weight excluding hydrogens is 370 g/mol. The van der Waals surface area contributed by atoms with E-state index in [1.165, 1.54) is 36.8 Å². The lowest BCUT2D eigenvalue weighted by Gasteiger charge is -2.53. The molecule has 3 aliphatic carbocycles. The van der Waals surface area contributed by atoms with Crippen LogP contribution in [0.4, 0.5) is 0 Å². The molecule has 1 heterocycles. The monoisotopic (exact) mass is 411 g/mol. The summed E-state index contributed by atoms with van der Waals surface area (Å²) in [4.78, 5) is 0. The Hall–Kier alpha value is -0.900. The van der Waals surface area contributed by atoms with Gasteiger partial charge in [0.25, 0.3) is 0 Å². The molecule has 1 saturated heterocycles. The zero-order chi connectivity index (χ0) is 21.2. The minimum Gasteiger partial charge on any atom is -0.393 e. The second kappa shape index (κ2) is 7.60. The van der Waals surface area contributed by atoms with Gasteiger partial charge in [-0.15, -0.1) is 0 Å². The van der Waals surface area contributed by atoms with Gasteiger partial charge in [0.05, 0.1) is 12.2 Å². The molecule has 9 atom stereocenters.